The fourth-order valence-corrected chi connectivity index (χ4v) is 3.97. The predicted octanol–water partition coefficient (Wildman–Crippen LogP) is 6.58. The Morgan fingerprint density at radius 2 is 1.69 bits per heavy atom. The SMILES string of the molecule is C=C(c1ccc(C(=O)OC)cc1)c1cccc(SCCCCCCBr)c1. The molecule has 0 saturated heterocycles. The van der Waals surface area contributed by atoms with Crippen molar-refractivity contribution in [2.24, 2.45) is 0 Å². The number of benzene rings is 2. The number of hydrogen-bond acceptors (Lipinski definition) is 3. The van der Waals surface area contributed by atoms with Crippen LogP contribution >= 0.6 is 27.7 Å². The Hall–Kier alpha value is -1.52. The molecule has 4 heteroatoms. The van der Waals surface area contributed by atoms with Gasteiger partial charge in [-0.05, 0) is 59.6 Å². The van der Waals surface area contributed by atoms with E-state index < -0.39 is 0 Å². The Morgan fingerprint density at radius 1 is 1.00 bits per heavy atom. The normalized spacial score (nSPS) is 10.5. The van der Waals surface area contributed by atoms with Gasteiger partial charge in [0, 0.05) is 10.2 Å². The van der Waals surface area contributed by atoms with Crippen LogP contribution in [0.1, 0.15) is 47.2 Å². The lowest BCUT2D eigenvalue weighted by molar-refractivity contribution is 0.0600. The largest absolute Gasteiger partial charge is 0.465 e. The summed E-state index contributed by atoms with van der Waals surface area (Å²) in [7, 11) is 1.39. The molecule has 26 heavy (non-hydrogen) atoms. The monoisotopic (exact) mass is 432 g/mol. The molecule has 0 amide bonds. The Balaban J connectivity index is 1.95. The van der Waals surface area contributed by atoms with Crippen molar-refractivity contribution in [3.05, 3.63) is 71.8 Å². The number of alkyl halides is 1. The van der Waals surface area contributed by atoms with Crippen molar-refractivity contribution in [1.29, 1.82) is 0 Å². The highest BCUT2D eigenvalue weighted by molar-refractivity contribution is 9.09. The van der Waals surface area contributed by atoms with E-state index in [9.17, 15) is 4.79 Å². The van der Waals surface area contributed by atoms with E-state index in [1.165, 1.54) is 37.7 Å². The molecule has 0 fully saturated rings. The van der Waals surface area contributed by atoms with Crippen molar-refractivity contribution in [1.82, 2.24) is 0 Å². The van der Waals surface area contributed by atoms with Crippen LogP contribution in [0.3, 0.4) is 0 Å². The molecule has 0 spiro atoms. The fraction of sp³-hybridized carbons (Fsp3) is 0.318. The molecule has 2 aromatic rings. The maximum absolute atomic E-state index is 11.5. The third-order valence-corrected chi connectivity index (χ3v) is 5.77. The number of unbranched alkanes of at least 4 members (excludes halogenated alkanes) is 3. The summed E-state index contributed by atoms with van der Waals surface area (Å²) in [6.07, 6.45) is 5.09. The predicted molar refractivity (Wildman–Crippen MR) is 115 cm³/mol. The first-order chi connectivity index (χ1) is 12.7. The average molecular weight is 433 g/mol. The van der Waals surface area contributed by atoms with Crippen LogP contribution in [0.15, 0.2) is 60.0 Å². The number of carbonyl (C=O) groups excluding carboxylic acids is 1. The molecule has 0 N–H and O–H groups in total. The van der Waals surface area contributed by atoms with Crippen LogP contribution < -0.4 is 0 Å². The number of methoxy groups -OCH3 is 1. The minimum Gasteiger partial charge on any atom is -0.465 e. The van der Waals surface area contributed by atoms with E-state index in [4.69, 9.17) is 4.74 Å². The molecule has 0 radical (unpaired) electrons. The highest BCUT2D eigenvalue weighted by atomic mass is 79.9. The molecule has 0 saturated carbocycles. The first-order valence-electron chi connectivity index (χ1n) is 8.82. The molecular formula is C22H25BrO2S. The second-order valence-corrected chi connectivity index (χ2v) is 7.99. The van der Waals surface area contributed by atoms with E-state index in [0.717, 1.165) is 27.8 Å². The van der Waals surface area contributed by atoms with E-state index in [0.29, 0.717) is 5.56 Å². The van der Waals surface area contributed by atoms with Crippen LogP contribution in [0, 0.1) is 0 Å². The van der Waals surface area contributed by atoms with Gasteiger partial charge in [0.05, 0.1) is 12.7 Å². The van der Waals surface area contributed by atoms with E-state index in [-0.39, 0.29) is 5.97 Å². The van der Waals surface area contributed by atoms with Gasteiger partial charge in [0.2, 0.25) is 0 Å². The Morgan fingerprint density at radius 3 is 2.38 bits per heavy atom. The van der Waals surface area contributed by atoms with Crippen LogP contribution in [0.4, 0.5) is 0 Å². The summed E-state index contributed by atoms with van der Waals surface area (Å²) in [5, 5.41) is 1.10. The summed E-state index contributed by atoms with van der Waals surface area (Å²) in [4.78, 5) is 12.8. The lowest BCUT2D eigenvalue weighted by Crippen LogP contribution is -2.00. The number of halogens is 1. The Labute approximate surface area is 169 Å². The Kier molecular flexibility index (Phi) is 8.99. The lowest BCUT2D eigenvalue weighted by Gasteiger charge is -2.09. The second kappa shape index (κ2) is 11.2. The lowest BCUT2D eigenvalue weighted by atomic mass is 9.99. The van der Waals surface area contributed by atoms with Crippen molar-refractivity contribution in [3.63, 3.8) is 0 Å². The molecule has 2 aromatic carbocycles. The number of esters is 1. The summed E-state index contributed by atoms with van der Waals surface area (Å²) in [6.45, 7) is 4.23. The highest BCUT2D eigenvalue weighted by Gasteiger charge is 2.07. The topological polar surface area (TPSA) is 26.3 Å². The number of rotatable bonds is 10. The number of carbonyl (C=O) groups is 1. The molecule has 0 aromatic heterocycles. The standard InChI is InChI=1S/C22H25BrO2S/c1-17(18-10-12-19(13-11-18)22(24)25-2)20-8-7-9-21(16-20)26-15-6-4-3-5-14-23/h7-13,16H,1,3-6,14-15H2,2H3. The van der Waals surface area contributed by atoms with E-state index in [1.807, 2.05) is 23.9 Å². The zero-order valence-electron chi connectivity index (χ0n) is 15.2. The van der Waals surface area contributed by atoms with Gasteiger partial charge in [-0.2, -0.15) is 0 Å². The first-order valence-corrected chi connectivity index (χ1v) is 10.9. The van der Waals surface area contributed by atoms with Gasteiger partial charge >= 0.3 is 5.97 Å². The molecule has 0 aliphatic heterocycles. The molecule has 138 valence electrons. The zero-order chi connectivity index (χ0) is 18.8. The van der Waals surface area contributed by atoms with Gasteiger partial charge in [-0.25, -0.2) is 4.79 Å². The molecule has 0 heterocycles. The van der Waals surface area contributed by atoms with Crippen molar-refractivity contribution in [2.75, 3.05) is 18.2 Å². The van der Waals surface area contributed by atoms with Crippen LogP contribution in [0.2, 0.25) is 0 Å². The number of ether oxygens (including phenoxy) is 1. The van der Waals surface area contributed by atoms with Crippen LogP contribution in [-0.2, 0) is 4.74 Å². The van der Waals surface area contributed by atoms with Crippen molar-refractivity contribution in [2.45, 2.75) is 30.6 Å². The molecular weight excluding hydrogens is 408 g/mol. The van der Waals surface area contributed by atoms with Gasteiger partial charge in [0.15, 0.2) is 0 Å². The number of hydrogen-bond donors (Lipinski definition) is 0. The number of thioether (sulfide) groups is 1. The summed E-state index contributed by atoms with van der Waals surface area (Å²) in [5.41, 5.74) is 3.63. The molecule has 2 nitrogen and oxygen atoms in total. The van der Waals surface area contributed by atoms with Gasteiger partial charge in [-0.1, -0.05) is 59.6 Å². The van der Waals surface area contributed by atoms with Crippen molar-refractivity contribution in [3.8, 4) is 0 Å². The first kappa shape index (κ1) is 20.8. The van der Waals surface area contributed by atoms with Crippen molar-refractivity contribution >= 4 is 39.2 Å². The maximum atomic E-state index is 11.5. The van der Waals surface area contributed by atoms with E-state index in [1.54, 1.807) is 12.1 Å². The summed E-state index contributed by atoms with van der Waals surface area (Å²) < 4.78 is 4.74. The van der Waals surface area contributed by atoms with Crippen molar-refractivity contribution < 1.29 is 9.53 Å². The molecule has 0 aliphatic rings. The highest BCUT2D eigenvalue weighted by Crippen LogP contribution is 2.27. The Bertz CT molecular complexity index is 725. The van der Waals surface area contributed by atoms with Gasteiger partial charge in [-0.15, -0.1) is 11.8 Å². The zero-order valence-corrected chi connectivity index (χ0v) is 17.6. The molecule has 0 aliphatic carbocycles. The van der Waals surface area contributed by atoms with E-state index >= 15 is 0 Å². The summed E-state index contributed by atoms with van der Waals surface area (Å²) in [6, 6.07) is 15.9. The van der Waals surface area contributed by atoms with Crippen LogP contribution in [0.25, 0.3) is 5.57 Å². The van der Waals surface area contributed by atoms with Gasteiger partial charge in [0.1, 0.15) is 0 Å². The summed E-state index contributed by atoms with van der Waals surface area (Å²) >= 11 is 5.37. The smallest absolute Gasteiger partial charge is 0.337 e. The third kappa shape index (κ3) is 6.33. The molecule has 0 unspecified atom stereocenters. The average Bonchev–Trinajstić information content (AvgIpc) is 2.70. The molecule has 0 bridgehead atoms. The fourth-order valence-electron chi connectivity index (χ4n) is 2.61. The second-order valence-electron chi connectivity index (χ2n) is 6.03. The summed E-state index contributed by atoms with van der Waals surface area (Å²) in [5.74, 6) is 0.822. The third-order valence-electron chi connectivity index (χ3n) is 4.13. The minimum atomic E-state index is -0.323. The van der Waals surface area contributed by atoms with Crippen LogP contribution in [-0.4, -0.2) is 24.2 Å². The van der Waals surface area contributed by atoms with Gasteiger partial charge in [-0.3, -0.25) is 0 Å². The maximum Gasteiger partial charge on any atom is 0.337 e. The van der Waals surface area contributed by atoms with Crippen LogP contribution in [0.5, 0.6) is 0 Å². The minimum absolute atomic E-state index is 0.323. The van der Waals surface area contributed by atoms with Gasteiger partial charge < -0.3 is 4.74 Å². The quantitative estimate of drug-likeness (QED) is 0.183. The molecule has 2 rings (SSSR count). The molecule has 0 atom stereocenters. The van der Waals surface area contributed by atoms with Gasteiger partial charge in [0.25, 0.3) is 0 Å². The van der Waals surface area contributed by atoms with E-state index in [2.05, 4.69) is 46.8 Å².